The third-order valence-corrected chi connectivity index (χ3v) is 6.21. The number of fused-ring (bicyclic) bond motifs is 2. The predicted molar refractivity (Wildman–Crippen MR) is 107 cm³/mol. The Balaban J connectivity index is 0.00000182. The topological polar surface area (TPSA) is 76.4 Å². The molecular formula is C17H29IN6O. The van der Waals surface area contributed by atoms with Gasteiger partial charge in [0.15, 0.2) is 5.96 Å². The van der Waals surface area contributed by atoms with Gasteiger partial charge in [0.1, 0.15) is 12.2 Å². The smallest absolute Gasteiger partial charge is 0.191 e. The molecule has 7 nitrogen and oxygen atoms in total. The van der Waals surface area contributed by atoms with Crippen LogP contribution in [0.15, 0.2) is 11.3 Å². The standard InChI is InChI=1S/C17H28N6O.HI/c1-3-13-22-20-11-23(13)9-8-19-16(18-2)21-14-12-5-10-24-15(12)17(14)6-4-7-17;/h11-12,14-15H,3-10H2,1-2H3,(H2,18,19,21);1H. The van der Waals surface area contributed by atoms with Gasteiger partial charge in [-0.25, -0.2) is 0 Å². The van der Waals surface area contributed by atoms with Crippen LogP contribution in [0.2, 0.25) is 0 Å². The summed E-state index contributed by atoms with van der Waals surface area (Å²) in [6, 6.07) is 0.520. The number of hydrogen-bond donors (Lipinski definition) is 2. The van der Waals surface area contributed by atoms with Gasteiger partial charge in [-0.05, 0) is 19.3 Å². The summed E-state index contributed by atoms with van der Waals surface area (Å²) in [6.45, 7) is 4.69. The molecule has 0 amide bonds. The number of aryl methyl sites for hydroxylation is 1. The number of guanidine groups is 1. The molecule has 3 aliphatic rings. The second kappa shape index (κ2) is 7.77. The maximum absolute atomic E-state index is 5.99. The summed E-state index contributed by atoms with van der Waals surface area (Å²) in [5.41, 5.74) is 0.377. The van der Waals surface area contributed by atoms with Crippen LogP contribution < -0.4 is 10.6 Å². The van der Waals surface area contributed by atoms with Crippen molar-refractivity contribution in [3.05, 3.63) is 12.2 Å². The fourth-order valence-corrected chi connectivity index (χ4v) is 4.83. The summed E-state index contributed by atoms with van der Waals surface area (Å²) < 4.78 is 8.09. The zero-order chi connectivity index (χ0) is 16.6. The van der Waals surface area contributed by atoms with Crippen LogP contribution in [0.3, 0.4) is 0 Å². The number of nitrogens with one attached hydrogen (secondary N) is 2. The van der Waals surface area contributed by atoms with Gasteiger partial charge in [-0.2, -0.15) is 0 Å². The van der Waals surface area contributed by atoms with Crippen molar-refractivity contribution < 1.29 is 4.74 Å². The first-order chi connectivity index (χ1) is 11.8. The molecule has 25 heavy (non-hydrogen) atoms. The van der Waals surface area contributed by atoms with E-state index in [1.54, 1.807) is 6.33 Å². The first-order valence-corrected chi connectivity index (χ1v) is 9.24. The van der Waals surface area contributed by atoms with Gasteiger partial charge in [0.2, 0.25) is 0 Å². The van der Waals surface area contributed by atoms with E-state index in [1.165, 1.54) is 25.7 Å². The highest BCUT2D eigenvalue weighted by molar-refractivity contribution is 14.0. The molecule has 0 aromatic carbocycles. The van der Waals surface area contributed by atoms with Crippen LogP contribution in [-0.4, -0.2) is 53.1 Å². The molecule has 140 valence electrons. The minimum atomic E-state index is 0. The molecule has 3 fully saturated rings. The van der Waals surface area contributed by atoms with Gasteiger partial charge in [-0.15, -0.1) is 34.2 Å². The largest absolute Gasteiger partial charge is 0.377 e. The molecule has 1 aromatic heterocycles. The first kappa shape index (κ1) is 18.9. The first-order valence-electron chi connectivity index (χ1n) is 9.24. The van der Waals surface area contributed by atoms with Crippen LogP contribution >= 0.6 is 24.0 Å². The molecule has 1 saturated heterocycles. The Bertz CT molecular complexity index is 614. The maximum atomic E-state index is 5.99. The molecule has 2 saturated carbocycles. The summed E-state index contributed by atoms with van der Waals surface area (Å²) in [6.07, 6.45) is 8.30. The van der Waals surface area contributed by atoms with E-state index in [4.69, 9.17) is 4.74 Å². The molecule has 4 rings (SSSR count). The Labute approximate surface area is 166 Å². The molecule has 1 aromatic rings. The van der Waals surface area contributed by atoms with Crippen LogP contribution in [-0.2, 0) is 17.7 Å². The second-order valence-corrected chi connectivity index (χ2v) is 7.25. The normalized spacial score (nSPS) is 29.4. The minimum absolute atomic E-state index is 0. The third kappa shape index (κ3) is 3.15. The Morgan fingerprint density at radius 2 is 2.32 bits per heavy atom. The Morgan fingerprint density at radius 1 is 1.48 bits per heavy atom. The molecule has 3 atom stereocenters. The van der Waals surface area contributed by atoms with E-state index in [2.05, 4.69) is 37.3 Å². The lowest BCUT2D eigenvalue weighted by atomic mass is 9.46. The summed E-state index contributed by atoms with van der Waals surface area (Å²) in [5.74, 6) is 2.59. The zero-order valence-corrected chi connectivity index (χ0v) is 17.4. The van der Waals surface area contributed by atoms with E-state index < -0.39 is 0 Å². The van der Waals surface area contributed by atoms with Crippen molar-refractivity contribution in [3.63, 3.8) is 0 Å². The van der Waals surface area contributed by atoms with E-state index in [0.29, 0.717) is 23.5 Å². The van der Waals surface area contributed by atoms with Crippen molar-refractivity contribution in [3.8, 4) is 0 Å². The van der Waals surface area contributed by atoms with Crippen molar-refractivity contribution in [2.75, 3.05) is 20.2 Å². The van der Waals surface area contributed by atoms with E-state index in [0.717, 1.165) is 37.9 Å². The van der Waals surface area contributed by atoms with Crippen LogP contribution in [0.25, 0.3) is 0 Å². The second-order valence-electron chi connectivity index (χ2n) is 7.25. The number of hydrogen-bond acceptors (Lipinski definition) is 4. The molecule has 1 aliphatic heterocycles. The predicted octanol–water partition coefficient (Wildman–Crippen LogP) is 1.58. The maximum Gasteiger partial charge on any atom is 0.191 e. The minimum Gasteiger partial charge on any atom is -0.377 e. The number of halogens is 1. The van der Waals surface area contributed by atoms with Crippen LogP contribution in [0, 0.1) is 11.3 Å². The Hall–Kier alpha value is -0.900. The van der Waals surface area contributed by atoms with Gasteiger partial charge in [-0.1, -0.05) is 13.3 Å². The number of nitrogens with zero attached hydrogens (tertiary/aromatic N) is 4. The zero-order valence-electron chi connectivity index (χ0n) is 15.1. The number of rotatable bonds is 5. The van der Waals surface area contributed by atoms with Gasteiger partial charge >= 0.3 is 0 Å². The molecule has 0 radical (unpaired) electrons. The fraction of sp³-hybridized carbons (Fsp3) is 0.824. The summed E-state index contributed by atoms with van der Waals surface area (Å²) in [7, 11) is 1.85. The van der Waals surface area contributed by atoms with Crippen molar-refractivity contribution in [2.45, 2.75) is 57.7 Å². The Kier molecular flexibility index (Phi) is 5.87. The molecule has 2 aliphatic carbocycles. The van der Waals surface area contributed by atoms with Crippen molar-refractivity contribution in [1.82, 2.24) is 25.4 Å². The number of aromatic nitrogens is 3. The average molecular weight is 460 g/mol. The van der Waals surface area contributed by atoms with E-state index in [9.17, 15) is 0 Å². The van der Waals surface area contributed by atoms with Gasteiger partial charge in [0.25, 0.3) is 0 Å². The van der Waals surface area contributed by atoms with Gasteiger partial charge in [0.05, 0.1) is 6.10 Å². The monoisotopic (exact) mass is 460 g/mol. The molecule has 2 heterocycles. The van der Waals surface area contributed by atoms with Crippen LogP contribution in [0.5, 0.6) is 0 Å². The molecule has 1 spiro atoms. The van der Waals surface area contributed by atoms with Gasteiger partial charge < -0.3 is 19.9 Å². The lowest BCUT2D eigenvalue weighted by Crippen LogP contribution is -2.72. The highest BCUT2D eigenvalue weighted by atomic mass is 127. The molecule has 3 unspecified atom stereocenters. The Morgan fingerprint density at radius 3 is 3.00 bits per heavy atom. The van der Waals surface area contributed by atoms with Gasteiger partial charge in [0, 0.05) is 50.5 Å². The van der Waals surface area contributed by atoms with E-state index >= 15 is 0 Å². The van der Waals surface area contributed by atoms with Crippen LogP contribution in [0.4, 0.5) is 0 Å². The number of aliphatic imine (C=N–C) groups is 1. The van der Waals surface area contributed by atoms with Crippen molar-refractivity contribution >= 4 is 29.9 Å². The SMILES string of the molecule is CCc1nncn1CCNC(=NC)NC1C2CCOC2C12CCC2.I. The third-order valence-electron chi connectivity index (χ3n) is 6.21. The summed E-state index contributed by atoms with van der Waals surface area (Å²) in [4.78, 5) is 4.42. The summed E-state index contributed by atoms with van der Waals surface area (Å²) >= 11 is 0. The molecule has 2 N–H and O–H groups in total. The molecular weight excluding hydrogens is 431 g/mol. The molecule has 0 bridgehead atoms. The van der Waals surface area contributed by atoms with Crippen LogP contribution in [0.1, 0.15) is 38.4 Å². The van der Waals surface area contributed by atoms with Crippen molar-refractivity contribution in [2.24, 2.45) is 16.3 Å². The highest BCUT2D eigenvalue weighted by Gasteiger charge is 2.66. The van der Waals surface area contributed by atoms with E-state index in [-0.39, 0.29) is 24.0 Å². The lowest BCUT2D eigenvalue weighted by molar-refractivity contribution is -0.171. The van der Waals surface area contributed by atoms with Gasteiger partial charge in [-0.3, -0.25) is 4.99 Å². The average Bonchev–Trinajstić information content (AvgIpc) is 3.16. The number of ether oxygens (including phenoxy) is 1. The highest BCUT2D eigenvalue weighted by Crippen LogP contribution is 2.62. The lowest BCUT2D eigenvalue weighted by Gasteiger charge is -2.63. The quantitative estimate of drug-likeness (QED) is 0.397. The fourth-order valence-electron chi connectivity index (χ4n) is 4.83. The summed E-state index contributed by atoms with van der Waals surface area (Å²) in [5, 5.41) is 15.2. The van der Waals surface area contributed by atoms with E-state index in [1.807, 2.05) is 7.05 Å². The molecule has 8 heteroatoms. The van der Waals surface area contributed by atoms with Crippen molar-refractivity contribution in [1.29, 1.82) is 0 Å².